The molecule has 0 aliphatic heterocycles. The number of esters is 4. The Morgan fingerprint density at radius 2 is 1.12 bits per heavy atom. The van der Waals surface area contributed by atoms with Gasteiger partial charge in [-0.3, -0.25) is 0 Å². The lowest BCUT2D eigenvalue weighted by Gasteiger charge is -2.35. The molecule has 1 aliphatic rings. The third-order valence-electron chi connectivity index (χ3n) is 8.35. The van der Waals surface area contributed by atoms with Gasteiger partial charge in [0.2, 0.25) is 0 Å². The lowest BCUT2D eigenvalue weighted by molar-refractivity contribution is -0.138. The highest BCUT2D eigenvalue weighted by Crippen LogP contribution is 2.47. The zero-order valence-corrected chi connectivity index (χ0v) is 28.7. The Morgan fingerprint density at radius 3 is 1.54 bits per heavy atom. The average Bonchev–Trinajstić information content (AvgIpc) is 3.12. The van der Waals surface area contributed by atoms with Gasteiger partial charge < -0.3 is 28.4 Å². The summed E-state index contributed by atoms with van der Waals surface area (Å²) in [6.45, 7) is 12.2. The number of unbranched alkanes of at least 4 members (excludes halogenated alkanes) is 2. The molecule has 0 amide bonds. The quantitative estimate of drug-likeness (QED) is 0.0537. The molecule has 0 saturated heterocycles. The molecule has 0 N–H and O–H groups in total. The third kappa shape index (κ3) is 11.1. The molecule has 10 nitrogen and oxygen atoms in total. The van der Waals surface area contributed by atoms with Gasteiger partial charge in [0.1, 0.15) is 23.0 Å². The van der Waals surface area contributed by atoms with Gasteiger partial charge in [-0.25, -0.2) is 19.2 Å². The molecule has 1 saturated carbocycles. The van der Waals surface area contributed by atoms with Crippen molar-refractivity contribution in [2.45, 2.75) is 58.3 Å². The van der Waals surface area contributed by atoms with Gasteiger partial charge in [0.05, 0.1) is 37.6 Å². The molecular weight excluding hydrogens is 640 g/mol. The van der Waals surface area contributed by atoms with Crippen LogP contribution < -0.4 is 18.9 Å². The van der Waals surface area contributed by atoms with Crippen molar-refractivity contribution in [3.05, 3.63) is 108 Å². The predicted octanol–water partition coefficient (Wildman–Crippen LogP) is 7.72. The maximum Gasteiger partial charge on any atom is 0.343 e. The summed E-state index contributed by atoms with van der Waals surface area (Å²) in [5.41, 5.74) is 2.21. The summed E-state index contributed by atoms with van der Waals surface area (Å²) in [4.78, 5) is 48.5. The van der Waals surface area contributed by atoms with Crippen molar-refractivity contribution in [3.63, 3.8) is 0 Å². The summed E-state index contributed by atoms with van der Waals surface area (Å²) in [5.74, 6) is 0.710. The fraction of sp³-hybridized carbons (Fsp3) is 0.350. The van der Waals surface area contributed by atoms with E-state index in [1.165, 1.54) is 0 Å². The molecule has 0 bridgehead atoms. The van der Waals surface area contributed by atoms with Crippen molar-refractivity contribution < 1.29 is 47.6 Å². The maximum atomic E-state index is 13.2. The van der Waals surface area contributed by atoms with Gasteiger partial charge >= 0.3 is 23.9 Å². The molecule has 264 valence electrons. The summed E-state index contributed by atoms with van der Waals surface area (Å²) < 4.78 is 33.1. The van der Waals surface area contributed by atoms with E-state index in [2.05, 4.69) is 20.1 Å². The van der Waals surface area contributed by atoms with Crippen LogP contribution in [0.4, 0.5) is 0 Å². The Bertz CT molecular complexity index is 1640. The molecular formula is C40H44O10. The normalized spacial score (nSPS) is 14.8. The monoisotopic (exact) mass is 684 g/mol. The summed E-state index contributed by atoms with van der Waals surface area (Å²) in [6, 6.07) is 17.0. The predicted molar refractivity (Wildman–Crippen MR) is 187 cm³/mol. The van der Waals surface area contributed by atoms with E-state index in [0.717, 1.165) is 30.6 Å². The maximum absolute atomic E-state index is 13.2. The minimum absolute atomic E-state index is 0.164. The first-order valence-corrected chi connectivity index (χ1v) is 16.8. The van der Waals surface area contributed by atoms with Gasteiger partial charge in [-0.05, 0) is 124 Å². The largest absolute Gasteiger partial charge is 0.494 e. The van der Waals surface area contributed by atoms with E-state index in [1.807, 2.05) is 6.07 Å². The van der Waals surface area contributed by atoms with Crippen molar-refractivity contribution >= 4 is 23.9 Å². The van der Waals surface area contributed by atoms with Crippen LogP contribution in [0.3, 0.4) is 0 Å². The van der Waals surface area contributed by atoms with Crippen molar-refractivity contribution in [1.82, 2.24) is 0 Å². The molecule has 10 heteroatoms. The van der Waals surface area contributed by atoms with E-state index in [0.29, 0.717) is 97.7 Å². The molecule has 3 aromatic rings. The van der Waals surface area contributed by atoms with Gasteiger partial charge in [-0.15, -0.1) is 0 Å². The lowest BCUT2D eigenvalue weighted by Crippen LogP contribution is -2.22. The van der Waals surface area contributed by atoms with E-state index < -0.39 is 23.9 Å². The Hall–Kier alpha value is -5.38. The standard InChI is InChI=1S/C40H44O10/c1-5-37(41)47-23-9-7-21-45-31-16-12-29(13-17-31)39(43)49-35-26-34(33-20-11-27(33)3)36(25-28(35)4)50-40(44)30-14-18-32(19-15-30)46-22-8-10-24-48-38(42)6-2/h5-6,12-19,25-27,33H,1-2,7-11,20-24H2,3-4H3. The van der Waals surface area contributed by atoms with Gasteiger partial charge in [-0.1, -0.05) is 20.1 Å². The molecule has 2 atom stereocenters. The average molecular weight is 685 g/mol. The first-order valence-electron chi connectivity index (χ1n) is 16.8. The topological polar surface area (TPSA) is 124 Å². The molecule has 1 fully saturated rings. The van der Waals surface area contributed by atoms with E-state index in [-0.39, 0.29) is 5.92 Å². The summed E-state index contributed by atoms with van der Waals surface area (Å²) in [7, 11) is 0. The highest BCUT2D eigenvalue weighted by molar-refractivity contribution is 5.92. The number of ether oxygens (including phenoxy) is 6. The second-order valence-electron chi connectivity index (χ2n) is 12.0. The smallest absolute Gasteiger partial charge is 0.343 e. The molecule has 3 aromatic carbocycles. The molecule has 0 radical (unpaired) electrons. The van der Waals surface area contributed by atoms with Crippen LogP contribution in [0, 0.1) is 12.8 Å². The number of rotatable bonds is 19. The Morgan fingerprint density at radius 1 is 0.660 bits per heavy atom. The van der Waals surface area contributed by atoms with Crippen LogP contribution in [0.5, 0.6) is 23.0 Å². The van der Waals surface area contributed by atoms with Crippen LogP contribution in [0.1, 0.15) is 83.2 Å². The lowest BCUT2D eigenvalue weighted by atomic mass is 9.70. The van der Waals surface area contributed by atoms with Crippen molar-refractivity contribution in [3.8, 4) is 23.0 Å². The van der Waals surface area contributed by atoms with Crippen molar-refractivity contribution in [1.29, 1.82) is 0 Å². The van der Waals surface area contributed by atoms with Crippen LogP contribution in [-0.2, 0) is 19.1 Å². The van der Waals surface area contributed by atoms with Crippen LogP contribution in [0.25, 0.3) is 0 Å². The number of carbonyl (C=O) groups excluding carboxylic acids is 4. The molecule has 0 aromatic heterocycles. The van der Waals surface area contributed by atoms with E-state index in [1.54, 1.807) is 61.5 Å². The zero-order chi connectivity index (χ0) is 35.9. The van der Waals surface area contributed by atoms with Gasteiger partial charge in [0.25, 0.3) is 0 Å². The second kappa shape index (κ2) is 19.0. The Labute approximate surface area is 293 Å². The highest BCUT2D eigenvalue weighted by Gasteiger charge is 2.32. The Balaban J connectivity index is 1.33. The zero-order valence-electron chi connectivity index (χ0n) is 28.7. The summed E-state index contributed by atoms with van der Waals surface area (Å²) in [6.07, 6.45) is 6.97. The first kappa shape index (κ1) is 37.4. The van der Waals surface area contributed by atoms with E-state index >= 15 is 0 Å². The number of aryl methyl sites for hydroxylation is 1. The number of hydrogen-bond donors (Lipinski definition) is 0. The molecule has 4 rings (SSSR count). The van der Waals surface area contributed by atoms with Gasteiger partial charge in [-0.2, -0.15) is 0 Å². The highest BCUT2D eigenvalue weighted by atomic mass is 16.5. The molecule has 1 aliphatic carbocycles. The number of hydrogen-bond acceptors (Lipinski definition) is 10. The fourth-order valence-corrected chi connectivity index (χ4v) is 5.24. The van der Waals surface area contributed by atoms with E-state index in [4.69, 9.17) is 28.4 Å². The first-order chi connectivity index (χ1) is 24.2. The summed E-state index contributed by atoms with van der Waals surface area (Å²) >= 11 is 0. The van der Waals surface area contributed by atoms with Gasteiger partial charge in [0, 0.05) is 17.7 Å². The van der Waals surface area contributed by atoms with Crippen LogP contribution >= 0.6 is 0 Å². The molecule has 2 unspecified atom stereocenters. The van der Waals surface area contributed by atoms with E-state index in [9.17, 15) is 19.2 Å². The molecule has 0 spiro atoms. The number of carbonyl (C=O) groups is 4. The molecule has 0 heterocycles. The SMILES string of the molecule is C=CC(=O)OCCCCOc1ccc(C(=O)Oc2cc(C3CCC3C)c(OC(=O)c3ccc(OCCCCOC(=O)C=C)cc3)cc2C)cc1. The van der Waals surface area contributed by atoms with Gasteiger partial charge in [0.15, 0.2) is 0 Å². The van der Waals surface area contributed by atoms with Crippen LogP contribution in [0.15, 0.2) is 86.0 Å². The second-order valence-corrected chi connectivity index (χ2v) is 12.0. The fourth-order valence-electron chi connectivity index (χ4n) is 5.24. The third-order valence-corrected chi connectivity index (χ3v) is 8.35. The van der Waals surface area contributed by atoms with Crippen molar-refractivity contribution in [2.24, 2.45) is 5.92 Å². The number of benzene rings is 3. The van der Waals surface area contributed by atoms with Crippen LogP contribution in [0.2, 0.25) is 0 Å². The van der Waals surface area contributed by atoms with Crippen molar-refractivity contribution in [2.75, 3.05) is 26.4 Å². The summed E-state index contributed by atoms with van der Waals surface area (Å²) in [5, 5.41) is 0. The Kier molecular flexibility index (Phi) is 14.2. The molecule has 50 heavy (non-hydrogen) atoms. The minimum Gasteiger partial charge on any atom is -0.494 e. The minimum atomic E-state index is -0.514. The van der Waals surface area contributed by atoms with Crippen LogP contribution in [-0.4, -0.2) is 50.3 Å².